The molecule has 0 saturated heterocycles. The summed E-state index contributed by atoms with van der Waals surface area (Å²) in [6.07, 6.45) is 0.673. The number of benzene rings is 1. The van der Waals surface area contributed by atoms with Gasteiger partial charge in [-0.15, -0.1) is 0 Å². The van der Waals surface area contributed by atoms with Gasteiger partial charge < -0.3 is 23.9 Å². The maximum Gasteiger partial charge on any atom is 0.189 e. The molecule has 5 heteroatoms. The van der Waals surface area contributed by atoms with Crippen molar-refractivity contribution in [3.8, 4) is 0 Å². The zero-order valence-corrected chi connectivity index (χ0v) is 11.2. The van der Waals surface area contributed by atoms with Gasteiger partial charge in [0.2, 0.25) is 0 Å². The average Bonchev–Trinajstić information content (AvgIpc) is 3.22. The Hall–Kier alpha value is -2.50. The minimum atomic E-state index is -1.14. The zero-order chi connectivity index (χ0) is 14.7. The van der Waals surface area contributed by atoms with E-state index < -0.39 is 12.5 Å². The van der Waals surface area contributed by atoms with Gasteiger partial charge in [-0.3, -0.25) is 0 Å². The second kappa shape index (κ2) is 5.87. The van der Waals surface area contributed by atoms with E-state index in [1.165, 1.54) is 17.4 Å². The van der Waals surface area contributed by atoms with Crippen molar-refractivity contribution in [2.45, 2.75) is 12.5 Å². The molecule has 0 radical (unpaired) electrons. The molecule has 0 spiro atoms. The monoisotopic (exact) mass is 285 g/mol. The molecule has 3 aromatic rings. The lowest BCUT2D eigenvalue weighted by Gasteiger charge is -2.32. The van der Waals surface area contributed by atoms with Gasteiger partial charge >= 0.3 is 0 Å². The van der Waals surface area contributed by atoms with Crippen LogP contribution in [0, 0.1) is 0 Å². The number of hydrogen-bond acceptors (Lipinski definition) is 5. The summed E-state index contributed by atoms with van der Waals surface area (Å²) < 4.78 is 10.5. The minimum Gasteiger partial charge on any atom is -0.465 e. The van der Waals surface area contributed by atoms with Crippen LogP contribution in [-0.2, 0) is 0 Å². The number of rotatable bonds is 5. The Morgan fingerprint density at radius 3 is 1.67 bits per heavy atom. The first-order valence-electron chi connectivity index (χ1n) is 6.53. The van der Waals surface area contributed by atoms with Crippen LogP contribution in [-0.4, -0.2) is 10.2 Å². The van der Waals surface area contributed by atoms with Crippen LogP contribution in [0.2, 0.25) is 0 Å². The van der Waals surface area contributed by atoms with Crippen LogP contribution >= 0.6 is 0 Å². The highest BCUT2D eigenvalue weighted by atomic mass is 16.4. The summed E-state index contributed by atoms with van der Waals surface area (Å²) in [4.78, 5) is 1.41. The number of para-hydroxylation sites is 1. The molecule has 2 N–H and O–H groups in total. The Morgan fingerprint density at radius 1 is 0.714 bits per heavy atom. The molecular formula is C16H15NO4. The third-order valence-electron chi connectivity index (χ3n) is 3.18. The van der Waals surface area contributed by atoms with E-state index in [1.807, 2.05) is 18.2 Å². The lowest BCUT2D eigenvalue weighted by atomic mass is 10.2. The molecule has 0 aliphatic carbocycles. The smallest absolute Gasteiger partial charge is 0.189 e. The molecule has 2 aromatic heterocycles. The molecule has 2 unspecified atom stereocenters. The predicted molar refractivity (Wildman–Crippen MR) is 76.3 cm³/mol. The van der Waals surface area contributed by atoms with E-state index in [-0.39, 0.29) is 0 Å². The molecule has 0 amide bonds. The third kappa shape index (κ3) is 2.69. The van der Waals surface area contributed by atoms with E-state index in [0.717, 1.165) is 0 Å². The van der Waals surface area contributed by atoms with E-state index in [0.29, 0.717) is 17.2 Å². The first kappa shape index (κ1) is 13.5. The number of nitrogens with zero attached hydrogens (tertiary/aromatic N) is 1. The summed E-state index contributed by atoms with van der Waals surface area (Å²) in [5.74, 6) is 0.675. The standard InChI is InChI=1S/C16H15NO4/c18-15(13-8-4-10-20-13)17(12-6-2-1-3-7-12)16(19)14-9-5-11-21-14/h1-11,15-16,18-19H. The minimum absolute atomic E-state index is 0.337. The van der Waals surface area contributed by atoms with Gasteiger partial charge in [0.1, 0.15) is 0 Å². The van der Waals surface area contributed by atoms with Crippen LogP contribution in [0.5, 0.6) is 0 Å². The summed E-state index contributed by atoms with van der Waals surface area (Å²) in [5.41, 5.74) is 0.644. The normalized spacial score (nSPS) is 13.8. The molecule has 2 heterocycles. The SMILES string of the molecule is OC(c1ccco1)N(c1ccccc1)C(O)c1ccco1. The van der Waals surface area contributed by atoms with Crippen molar-refractivity contribution >= 4 is 5.69 Å². The highest BCUT2D eigenvalue weighted by molar-refractivity contribution is 5.48. The molecule has 108 valence electrons. The molecule has 21 heavy (non-hydrogen) atoms. The molecule has 0 fully saturated rings. The van der Waals surface area contributed by atoms with E-state index in [1.54, 1.807) is 36.4 Å². The highest BCUT2D eigenvalue weighted by Gasteiger charge is 2.29. The van der Waals surface area contributed by atoms with Gasteiger partial charge in [0.25, 0.3) is 0 Å². The quantitative estimate of drug-likeness (QED) is 0.705. The van der Waals surface area contributed by atoms with Crippen molar-refractivity contribution in [1.29, 1.82) is 0 Å². The van der Waals surface area contributed by atoms with Crippen molar-refractivity contribution in [3.63, 3.8) is 0 Å². The molecular weight excluding hydrogens is 270 g/mol. The van der Waals surface area contributed by atoms with Crippen molar-refractivity contribution in [3.05, 3.63) is 78.6 Å². The number of hydrogen-bond donors (Lipinski definition) is 2. The fourth-order valence-electron chi connectivity index (χ4n) is 2.17. The summed E-state index contributed by atoms with van der Waals surface area (Å²) in [6.45, 7) is 0. The lowest BCUT2D eigenvalue weighted by Crippen LogP contribution is -2.32. The molecule has 2 atom stereocenters. The van der Waals surface area contributed by atoms with Crippen LogP contribution in [0.3, 0.4) is 0 Å². The molecule has 3 rings (SSSR count). The Labute approximate surface area is 121 Å². The van der Waals surface area contributed by atoms with E-state index >= 15 is 0 Å². The number of aliphatic hydroxyl groups excluding tert-OH is 2. The fourth-order valence-corrected chi connectivity index (χ4v) is 2.17. The van der Waals surface area contributed by atoms with Gasteiger partial charge in [0.05, 0.1) is 12.5 Å². The van der Waals surface area contributed by atoms with Crippen molar-refractivity contribution in [1.82, 2.24) is 0 Å². The van der Waals surface area contributed by atoms with Crippen LogP contribution in [0.25, 0.3) is 0 Å². The maximum atomic E-state index is 10.5. The van der Waals surface area contributed by atoms with E-state index in [2.05, 4.69) is 0 Å². The summed E-state index contributed by atoms with van der Waals surface area (Å²) >= 11 is 0. The Kier molecular flexibility index (Phi) is 3.77. The summed E-state index contributed by atoms with van der Waals surface area (Å²) in [6, 6.07) is 15.8. The maximum absolute atomic E-state index is 10.5. The van der Waals surface area contributed by atoms with Crippen LogP contribution in [0.4, 0.5) is 5.69 Å². The van der Waals surface area contributed by atoms with Crippen LogP contribution in [0.1, 0.15) is 24.0 Å². The lowest BCUT2D eigenvalue weighted by molar-refractivity contribution is 0.0593. The molecule has 5 nitrogen and oxygen atoms in total. The third-order valence-corrected chi connectivity index (χ3v) is 3.18. The molecule has 0 saturated carbocycles. The van der Waals surface area contributed by atoms with Gasteiger partial charge in [-0.1, -0.05) is 18.2 Å². The van der Waals surface area contributed by atoms with Crippen molar-refractivity contribution < 1.29 is 19.0 Å². The largest absolute Gasteiger partial charge is 0.465 e. The first-order valence-corrected chi connectivity index (χ1v) is 6.53. The van der Waals surface area contributed by atoms with E-state index in [4.69, 9.17) is 8.83 Å². The van der Waals surface area contributed by atoms with Gasteiger partial charge in [-0.05, 0) is 36.4 Å². The average molecular weight is 285 g/mol. The highest BCUT2D eigenvalue weighted by Crippen LogP contribution is 2.33. The van der Waals surface area contributed by atoms with Crippen molar-refractivity contribution in [2.75, 3.05) is 4.90 Å². The summed E-state index contributed by atoms with van der Waals surface area (Å²) in [7, 11) is 0. The number of aliphatic hydroxyl groups is 2. The second-order valence-electron chi connectivity index (χ2n) is 4.52. The van der Waals surface area contributed by atoms with Gasteiger partial charge in [0, 0.05) is 5.69 Å². The fraction of sp³-hybridized carbons (Fsp3) is 0.125. The Bertz CT molecular complexity index is 609. The second-order valence-corrected chi connectivity index (χ2v) is 4.52. The Morgan fingerprint density at radius 2 is 1.24 bits per heavy atom. The predicted octanol–water partition coefficient (Wildman–Crippen LogP) is 3.06. The van der Waals surface area contributed by atoms with E-state index in [9.17, 15) is 10.2 Å². The number of anilines is 1. The van der Waals surface area contributed by atoms with Crippen molar-refractivity contribution in [2.24, 2.45) is 0 Å². The van der Waals surface area contributed by atoms with Crippen LogP contribution in [0.15, 0.2) is 76.0 Å². The van der Waals surface area contributed by atoms with Gasteiger partial charge in [-0.25, -0.2) is 0 Å². The summed E-state index contributed by atoms with van der Waals surface area (Å²) in [5, 5.41) is 21.0. The van der Waals surface area contributed by atoms with Crippen LogP contribution < -0.4 is 4.90 Å². The Balaban J connectivity index is 1.99. The van der Waals surface area contributed by atoms with Gasteiger partial charge in [0.15, 0.2) is 24.0 Å². The molecule has 0 aliphatic rings. The first-order chi connectivity index (χ1) is 10.3. The van der Waals surface area contributed by atoms with Gasteiger partial charge in [-0.2, -0.15) is 0 Å². The topological polar surface area (TPSA) is 70.0 Å². The molecule has 1 aromatic carbocycles. The zero-order valence-electron chi connectivity index (χ0n) is 11.2. The molecule has 0 bridgehead atoms. The molecule has 0 aliphatic heterocycles. The number of furan rings is 2.